The van der Waals surface area contributed by atoms with Gasteiger partial charge in [-0.05, 0) is 37.5 Å². The number of nitrogens with zero attached hydrogens (tertiary/aromatic N) is 5. The first-order chi connectivity index (χ1) is 12.8. The molecule has 4 heterocycles. The standard InChI is InChI=1S/C19H23N5O2/c25-18(17-5-2-13-26-17)23-9-3-10-24(12-11-23)19-21-8-6-16(22-19)15-4-1-7-20-14-15/h1,4,6-8,14,17H,2-3,5,9-13H2/t17-/m0/s1. The lowest BCUT2D eigenvalue weighted by molar-refractivity contribution is -0.140. The number of anilines is 1. The van der Waals surface area contributed by atoms with Crippen molar-refractivity contribution in [2.24, 2.45) is 0 Å². The Hall–Kier alpha value is -2.54. The van der Waals surface area contributed by atoms with Gasteiger partial charge in [-0.2, -0.15) is 0 Å². The van der Waals surface area contributed by atoms with E-state index in [9.17, 15) is 4.79 Å². The third-order valence-electron chi connectivity index (χ3n) is 4.90. The Morgan fingerprint density at radius 3 is 2.88 bits per heavy atom. The Morgan fingerprint density at radius 1 is 1.12 bits per heavy atom. The molecule has 0 unspecified atom stereocenters. The Kier molecular flexibility index (Phi) is 5.06. The van der Waals surface area contributed by atoms with E-state index in [0.29, 0.717) is 19.1 Å². The highest BCUT2D eigenvalue weighted by Gasteiger charge is 2.29. The summed E-state index contributed by atoms with van der Waals surface area (Å²) < 4.78 is 5.55. The zero-order valence-electron chi connectivity index (χ0n) is 14.8. The molecular formula is C19H23N5O2. The summed E-state index contributed by atoms with van der Waals surface area (Å²) >= 11 is 0. The van der Waals surface area contributed by atoms with Gasteiger partial charge in [-0.25, -0.2) is 9.97 Å². The molecule has 136 valence electrons. The van der Waals surface area contributed by atoms with Gasteiger partial charge in [-0.3, -0.25) is 9.78 Å². The van der Waals surface area contributed by atoms with Crippen molar-refractivity contribution in [3.63, 3.8) is 0 Å². The van der Waals surface area contributed by atoms with Gasteiger partial charge in [0.1, 0.15) is 6.10 Å². The normalized spacial score (nSPS) is 20.8. The summed E-state index contributed by atoms with van der Waals surface area (Å²) in [6.45, 7) is 3.71. The van der Waals surface area contributed by atoms with Crippen LogP contribution in [0.5, 0.6) is 0 Å². The van der Waals surface area contributed by atoms with Crippen LogP contribution in [0.4, 0.5) is 5.95 Å². The lowest BCUT2D eigenvalue weighted by Gasteiger charge is -2.24. The van der Waals surface area contributed by atoms with E-state index in [0.717, 1.165) is 50.2 Å². The molecule has 2 saturated heterocycles. The van der Waals surface area contributed by atoms with Crippen LogP contribution >= 0.6 is 0 Å². The first-order valence-electron chi connectivity index (χ1n) is 9.20. The fourth-order valence-corrected chi connectivity index (χ4v) is 3.49. The molecule has 4 rings (SSSR count). The molecular weight excluding hydrogens is 330 g/mol. The second kappa shape index (κ2) is 7.78. The predicted molar refractivity (Wildman–Crippen MR) is 97.6 cm³/mol. The predicted octanol–water partition coefficient (Wildman–Crippen LogP) is 1.76. The van der Waals surface area contributed by atoms with E-state index < -0.39 is 0 Å². The number of hydrogen-bond donors (Lipinski definition) is 0. The van der Waals surface area contributed by atoms with Crippen molar-refractivity contribution in [1.82, 2.24) is 19.9 Å². The molecule has 2 aromatic rings. The Labute approximate surface area is 153 Å². The number of pyridine rings is 1. The van der Waals surface area contributed by atoms with Crippen molar-refractivity contribution in [3.05, 3.63) is 36.8 Å². The average Bonchev–Trinajstić information content (AvgIpc) is 3.13. The quantitative estimate of drug-likeness (QED) is 0.837. The fraction of sp³-hybridized carbons (Fsp3) is 0.474. The zero-order chi connectivity index (χ0) is 17.8. The first-order valence-corrected chi connectivity index (χ1v) is 9.20. The summed E-state index contributed by atoms with van der Waals surface area (Å²) in [5.74, 6) is 0.840. The van der Waals surface area contributed by atoms with Crippen LogP contribution in [0.15, 0.2) is 36.8 Å². The molecule has 0 saturated carbocycles. The molecule has 0 radical (unpaired) electrons. The molecule has 2 aliphatic heterocycles. The molecule has 2 aliphatic rings. The van der Waals surface area contributed by atoms with Gasteiger partial charge in [0.15, 0.2) is 0 Å². The van der Waals surface area contributed by atoms with Gasteiger partial charge in [0, 0.05) is 56.9 Å². The summed E-state index contributed by atoms with van der Waals surface area (Å²) in [7, 11) is 0. The van der Waals surface area contributed by atoms with E-state index >= 15 is 0 Å². The topological polar surface area (TPSA) is 71.5 Å². The summed E-state index contributed by atoms with van der Waals surface area (Å²) in [4.78, 5) is 30.0. The third-order valence-corrected chi connectivity index (χ3v) is 4.90. The lowest BCUT2D eigenvalue weighted by Crippen LogP contribution is -2.41. The highest BCUT2D eigenvalue weighted by Crippen LogP contribution is 2.20. The van der Waals surface area contributed by atoms with Crippen LogP contribution in [-0.2, 0) is 9.53 Å². The molecule has 2 fully saturated rings. The van der Waals surface area contributed by atoms with E-state index in [2.05, 4.69) is 14.9 Å². The molecule has 1 amide bonds. The number of ether oxygens (including phenoxy) is 1. The molecule has 0 aliphatic carbocycles. The van der Waals surface area contributed by atoms with Crippen LogP contribution in [0, 0.1) is 0 Å². The second-order valence-corrected chi connectivity index (χ2v) is 6.65. The molecule has 0 bridgehead atoms. The van der Waals surface area contributed by atoms with Crippen molar-refractivity contribution >= 4 is 11.9 Å². The van der Waals surface area contributed by atoms with E-state index in [4.69, 9.17) is 9.72 Å². The minimum atomic E-state index is -0.244. The maximum Gasteiger partial charge on any atom is 0.251 e. The van der Waals surface area contributed by atoms with E-state index in [1.807, 2.05) is 23.1 Å². The van der Waals surface area contributed by atoms with Gasteiger partial charge >= 0.3 is 0 Å². The molecule has 0 aromatic carbocycles. The van der Waals surface area contributed by atoms with Crippen molar-refractivity contribution in [1.29, 1.82) is 0 Å². The van der Waals surface area contributed by atoms with Gasteiger partial charge < -0.3 is 14.5 Å². The first kappa shape index (κ1) is 16.9. The van der Waals surface area contributed by atoms with Crippen LogP contribution in [-0.4, -0.2) is 64.6 Å². The Bertz CT molecular complexity index is 749. The van der Waals surface area contributed by atoms with Gasteiger partial charge in [-0.15, -0.1) is 0 Å². The number of rotatable bonds is 3. The van der Waals surface area contributed by atoms with Crippen molar-refractivity contribution in [2.45, 2.75) is 25.4 Å². The maximum absolute atomic E-state index is 12.6. The van der Waals surface area contributed by atoms with Crippen molar-refractivity contribution in [2.75, 3.05) is 37.7 Å². The number of hydrogen-bond acceptors (Lipinski definition) is 6. The third kappa shape index (κ3) is 3.67. The molecule has 7 heteroatoms. The second-order valence-electron chi connectivity index (χ2n) is 6.65. The van der Waals surface area contributed by atoms with Crippen LogP contribution in [0.2, 0.25) is 0 Å². The number of amides is 1. The zero-order valence-corrected chi connectivity index (χ0v) is 14.8. The summed E-state index contributed by atoms with van der Waals surface area (Å²) in [5, 5.41) is 0. The van der Waals surface area contributed by atoms with Crippen molar-refractivity contribution < 1.29 is 9.53 Å². The van der Waals surface area contributed by atoms with Gasteiger partial charge in [0.25, 0.3) is 5.91 Å². The number of aromatic nitrogens is 3. The van der Waals surface area contributed by atoms with Crippen LogP contribution < -0.4 is 4.90 Å². The Morgan fingerprint density at radius 2 is 2.08 bits per heavy atom. The molecule has 0 spiro atoms. The van der Waals surface area contributed by atoms with Crippen molar-refractivity contribution in [3.8, 4) is 11.3 Å². The summed E-state index contributed by atoms with van der Waals surface area (Å²) in [5.41, 5.74) is 1.83. The summed E-state index contributed by atoms with van der Waals surface area (Å²) in [6.07, 6.45) is 7.81. The van der Waals surface area contributed by atoms with E-state index in [1.165, 1.54) is 0 Å². The largest absolute Gasteiger partial charge is 0.368 e. The monoisotopic (exact) mass is 353 g/mol. The fourth-order valence-electron chi connectivity index (χ4n) is 3.49. The molecule has 7 nitrogen and oxygen atoms in total. The van der Waals surface area contributed by atoms with E-state index in [-0.39, 0.29) is 12.0 Å². The van der Waals surface area contributed by atoms with Gasteiger partial charge in [0.05, 0.1) is 5.69 Å². The van der Waals surface area contributed by atoms with Crippen LogP contribution in [0.1, 0.15) is 19.3 Å². The van der Waals surface area contributed by atoms with Crippen LogP contribution in [0.3, 0.4) is 0 Å². The number of carbonyl (C=O) groups is 1. The van der Waals surface area contributed by atoms with E-state index in [1.54, 1.807) is 18.6 Å². The summed E-state index contributed by atoms with van der Waals surface area (Å²) in [6, 6.07) is 5.78. The molecule has 2 aromatic heterocycles. The highest BCUT2D eigenvalue weighted by atomic mass is 16.5. The minimum absolute atomic E-state index is 0.134. The number of carbonyl (C=O) groups excluding carboxylic acids is 1. The SMILES string of the molecule is O=C([C@@H]1CCCO1)N1CCCN(c2nccc(-c3cccnc3)n2)CC1. The lowest BCUT2D eigenvalue weighted by atomic mass is 10.2. The van der Waals surface area contributed by atoms with Gasteiger partial charge in [-0.1, -0.05) is 0 Å². The average molecular weight is 353 g/mol. The van der Waals surface area contributed by atoms with Gasteiger partial charge in [0.2, 0.25) is 5.95 Å². The highest BCUT2D eigenvalue weighted by molar-refractivity contribution is 5.81. The molecule has 1 atom stereocenters. The molecule has 0 N–H and O–H groups in total. The minimum Gasteiger partial charge on any atom is -0.368 e. The Balaban J connectivity index is 1.45. The smallest absolute Gasteiger partial charge is 0.251 e. The molecule has 26 heavy (non-hydrogen) atoms. The van der Waals surface area contributed by atoms with Crippen LogP contribution in [0.25, 0.3) is 11.3 Å². The maximum atomic E-state index is 12.6.